The van der Waals surface area contributed by atoms with E-state index < -0.39 is 0 Å². The normalized spacial score (nSPS) is 14.5. The van der Waals surface area contributed by atoms with E-state index in [1.807, 2.05) is 48.2 Å². The molecule has 1 saturated heterocycles. The third-order valence-electron chi connectivity index (χ3n) is 4.57. The Morgan fingerprint density at radius 2 is 1.93 bits per heavy atom. The van der Waals surface area contributed by atoms with Gasteiger partial charge in [0.25, 0.3) is 0 Å². The number of carbonyl (C=O) groups is 1. The zero-order valence-corrected chi connectivity index (χ0v) is 15.3. The van der Waals surface area contributed by atoms with Crippen molar-refractivity contribution in [2.45, 2.75) is 13.3 Å². The summed E-state index contributed by atoms with van der Waals surface area (Å²) in [5.74, 6) is 0.572. The van der Waals surface area contributed by atoms with Crippen LogP contribution in [0, 0.1) is 0 Å². The number of rotatable bonds is 5. The molecule has 0 unspecified atom stereocenters. The van der Waals surface area contributed by atoms with Crippen molar-refractivity contribution in [1.82, 2.24) is 19.5 Å². The summed E-state index contributed by atoms with van der Waals surface area (Å²) in [6, 6.07) is 13.5. The van der Waals surface area contributed by atoms with Crippen LogP contribution >= 0.6 is 0 Å². The Morgan fingerprint density at radius 1 is 1.15 bits per heavy atom. The Bertz CT molecular complexity index is 933. The first-order valence-corrected chi connectivity index (χ1v) is 9.18. The Morgan fingerprint density at radius 3 is 2.67 bits per heavy atom. The maximum atomic E-state index is 12.9. The Labute approximate surface area is 157 Å². The molecule has 3 aromatic rings. The van der Waals surface area contributed by atoms with E-state index in [1.54, 1.807) is 10.6 Å². The van der Waals surface area contributed by atoms with Crippen LogP contribution in [0.4, 0.5) is 0 Å². The van der Waals surface area contributed by atoms with Gasteiger partial charge in [-0.3, -0.25) is 4.79 Å². The SMILES string of the molecule is CCOc1ccc2nc(-c3ccccc3)c(CC(=O)N3CCOCC3)n2n1. The van der Waals surface area contributed by atoms with E-state index in [-0.39, 0.29) is 12.3 Å². The molecule has 0 bridgehead atoms. The molecule has 0 radical (unpaired) electrons. The van der Waals surface area contributed by atoms with Crippen LogP contribution in [0.25, 0.3) is 16.9 Å². The molecule has 1 fully saturated rings. The monoisotopic (exact) mass is 366 g/mol. The van der Waals surface area contributed by atoms with Crippen molar-refractivity contribution in [1.29, 1.82) is 0 Å². The lowest BCUT2D eigenvalue weighted by Gasteiger charge is -2.26. The summed E-state index contributed by atoms with van der Waals surface area (Å²) in [7, 11) is 0. The van der Waals surface area contributed by atoms with Crippen molar-refractivity contribution in [3.63, 3.8) is 0 Å². The van der Waals surface area contributed by atoms with Crippen molar-refractivity contribution in [3.8, 4) is 17.1 Å². The fourth-order valence-electron chi connectivity index (χ4n) is 3.24. The average Bonchev–Trinajstić information content (AvgIpc) is 3.07. The van der Waals surface area contributed by atoms with Crippen molar-refractivity contribution < 1.29 is 14.3 Å². The van der Waals surface area contributed by atoms with Crippen molar-refractivity contribution in [3.05, 3.63) is 48.2 Å². The van der Waals surface area contributed by atoms with Gasteiger partial charge in [0.05, 0.1) is 37.6 Å². The predicted molar refractivity (Wildman–Crippen MR) is 101 cm³/mol. The first kappa shape index (κ1) is 17.5. The molecular formula is C20H22N4O3. The Kier molecular flexibility index (Phi) is 5.02. The minimum Gasteiger partial charge on any atom is -0.477 e. The minimum atomic E-state index is 0.0564. The van der Waals surface area contributed by atoms with Gasteiger partial charge in [-0.1, -0.05) is 30.3 Å². The average molecular weight is 366 g/mol. The number of fused-ring (bicyclic) bond motifs is 1. The van der Waals surface area contributed by atoms with Crippen LogP contribution in [0.2, 0.25) is 0 Å². The molecule has 4 rings (SSSR count). The summed E-state index contributed by atoms with van der Waals surface area (Å²) < 4.78 is 12.6. The lowest BCUT2D eigenvalue weighted by Crippen LogP contribution is -2.41. The molecule has 1 aliphatic rings. The van der Waals surface area contributed by atoms with E-state index in [2.05, 4.69) is 5.10 Å². The van der Waals surface area contributed by atoms with E-state index >= 15 is 0 Å². The van der Waals surface area contributed by atoms with Gasteiger partial charge < -0.3 is 14.4 Å². The van der Waals surface area contributed by atoms with Gasteiger partial charge in [-0.15, -0.1) is 5.10 Å². The molecule has 140 valence electrons. The second kappa shape index (κ2) is 7.75. The van der Waals surface area contributed by atoms with Crippen LogP contribution in [0.15, 0.2) is 42.5 Å². The third-order valence-corrected chi connectivity index (χ3v) is 4.57. The first-order chi connectivity index (χ1) is 13.3. The molecule has 0 aliphatic carbocycles. The number of ether oxygens (including phenoxy) is 2. The molecule has 0 saturated carbocycles. The largest absolute Gasteiger partial charge is 0.477 e. The third kappa shape index (κ3) is 3.64. The van der Waals surface area contributed by atoms with E-state index in [1.165, 1.54) is 0 Å². The highest BCUT2D eigenvalue weighted by molar-refractivity contribution is 5.81. The number of imidazole rings is 1. The molecule has 1 amide bonds. The van der Waals surface area contributed by atoms with Gasteiger partial charge >= 0.3 is 0 Å². The highest BCUT2D eigenvalue weighted by Crippen LogP contribution is 2.25. The van der Waals surface area contributed by atoms with Gasteiger partial charge in [0.2, 0.25) is 11.8 Å². The van der Waals surface area contributed by atoms with E-state index in [0.29, 0.717) is 44.4 Å². The van der Waals surface area contributed by atoms with Gasteiger partial charge in [-0.05, 0) is 13.0 Å². The lowest BCUT2D eigenvalue weighted by atomic mass is 10.1. The number of carbonyl (C=O) groups excluding carboxylic acids is 1. The van der Waals surface area contributed by atoms with E-state index in [9.17, 15) is 4.79 Å². The molecule has 1 aliphatic heterocycles. The highest BCUT2D eigenvalue weighted by atomic mass is 16.5. The van der Waals surface area contributed by atoms with Crippen LogP contribution in [0.1, 0.15) is 12.6 Å². The van der Waals surface area contributed by atoms with E-state index in [0.717, 1.165) is 17.0 Å². The van der Waals surface area contributed by atoms with Gasteiger partial charge in [0, 0.05) is 24.7 Å². The molecule has 0 N–H and O–H groups in total. The second-order valence-electron chi connectivity index (χ2n) is 6.32. The fraction of sp³-hybridized carbons (Fsp3) is 0.350. The van der Waals surface area contributed by atoms with Gasteiger partial charge in [-0.25, -0.2) is 9.50 Å². The summed E-state index contributed by atoms with van der Waals surface area (Å²) >= 11 is 0. The number of aromatic nitrogens is 3. The van der Waals surface area contributed by atoms with E-state index in [4.69, 9.17) is 14.5 Å². The molecule has 1 aromatic carbocycles. The standard InChI is InChI=1S/C20H22N4O3/c1-2-27-18-9-8-17-21-20(15-6-4-3-5-7-15)16(24(17)22-18)14-19(25)23-10-12-26-13-11-23/h3-9H,2,10-14H2,1H3. The maximum Gasteiger partial charge on any atom is 0.231 e. The molecule has 0 atom stereocenters. The molecule has 7 heteroatoms. The van der Waals surface area contributed by atoms with Crippen LogP contribution in [0.5, 0.6) is 5.88 Å². The fourth-order valence-corrected chi connectivity index (χ4v) is 3.24. The van der Waals surface area contributed by atoms with Crippen molar-refractivity contribution in [2.75, 3.05) is 32.9 Å². The van der Waals surface area contributed by atoms with Gasteiger partial charge in [0.1, 0.15) is 0 Å². The van der Waals surface area contributed by atoms with Crippen LogP contribution in [0.3, 0.4) is 0 Å². The number of morpholine rings is 1. The number of amides is 1. The minimum absolute atomic E-state index is 0.0564. The highest BCUT2D eigenvalue weighted by Gasteiger charge is 2.23. The second-order valence-corrected chi connectivity index (χ2v) is 6.32. The van der Waals surface area contributed by atoms with Gasteiger partial charge in [0.15, 0.2) is 5.65 Å². The zero-order chi connectivity index (χ0) is 18.6. The smallest absolute Gasteiger partial charge is 0.231 e. The van der Waals surface area contributed by atoms with Crippen molar-refractivity contribution in [2.24, 2.45) is 0 Å². The maximum absolute atomic E-state index is 12.9. The zero-order valence-electron chi connectivity index (χ0n) is 15.3. The Hall–Kier alpha value is -2.93. The predicted octanol–water partition coefficient (Wildman–Crippen LogP) is 2.20. The molecule has 7 nitrogen and oxygen atoms in total. The summed E-state index contributed by atoms with van der Waals surface area (Å²) in [5, 5.41) is 4.55. The number of benzene rings is 1. The summed E-state index contributed by atoms with van der Waals surface area (Å²) in [5.41, 5.74) is 3.21. The summed E-state index contributed by atoms with van der Waals surface area (Å²) in [6.07, 6.45) is 0.230. The first-order valence-electron chi connectivity index (χ1n) is 9.18. The van der Waals surface area contributed by atoms with Crippen LogP contribution < -0.4 is 4.74 Å². The molecule has 0 spiro atoms. The number of hydrogen-bond acceptors (Lipinski definition) is 5. The summed E-state index contributed by atoms with van der Waals surface area (Å²) in [6.45, 7) is 4.84. The van der Waals surface area contributed by atoms with Crippen LogP contribution in [-0.4, -0.2) is 58.3 Å². The molecule has 2 aromatic heterocycles. The molecule has 27 heavy (non-hydrogen) atoms. The summed E-state index contributed by atoms with van der Waals surface area (Å²) in [4.78, 5) is 19.4. The number of nitrogens with zero attached hydrogens (tertiary/aromatic N) is 4. The molecule has 3 heterocycles. The van der Waals surface area contributed by atoms with Crippen LogP contribution in [-0.2, 0) is 16.0 Å². The Balaban J connectivity index is 1.76. The van der Waals surface area contributed by atoms with Crippen molar-refractivity contribution >= 4 is 11.6 Å². The van der Waals surface area contributed by atoms with Gasteiger partial charge in [-0.2, -0.15) is 0 Å². The number of hydrogen-bond donors (Lipinski definition) is 0. The lowest BCUT2D eigenvalue weighted by molar-refractivity contribution is -0.134. The quantitative estimate of drug-likeness (QED) is 0.692. The molecular weight excluding hydrogens is 344 g/mol. The topological polar surface area (TPSA) is 69.0 Å².